The number of phenolic OH excluding ortho intramolecular Hbond substituents is 1. The van der Waals surface area contributed by atoms with Crippen LogP contribution in [0.3, 0.4) is 0 Å². The Bertz CT molecular complexity index is 1230. The number of primary amides is 1. The molecule has 0 spiro atoms. The van der Waals surface area contributed by atoms with Crippen molar-refractivity contribution >= 4 is 28.9 Å². The highest BCUT2D eigenvalue weighted by molar-refractivity contribution is 6.24. The quantitative estimate of drug-likeness (QED) is 0.326. The van der Waals surface area contributed by atoms with E-state index in [-0.39, 0.29) is 36.0 Å². The number of anilines is 1. The van der Waals surface area contributed by atoms with Gasteiger partial charge in [0.25, 0.3) is 5.91 Å². The molecule has 6 N–H and O–H groups in total. The van der Waals surface area contributed by atoms with Crippen molar-refractivity contribution in [3.63, 3.8) is 0 Å². The highest BCUT2D eigenvalue weighted by atomic mass is 16.3. The zero-order valence-electron chi connectivity index (χ0n) is 18.3. The lowest BCUT2D eigenvalue weighted by Crippen LogP contribution is -2.57. The Morgan fingerprint density at radius 1 is 1.15 bits per heavy atom. The van der Waals surface area contributed by atoms with Crippen LogP contribution in [0.5, 0.6) is 5.75 Å². The van der Waals surface area contributed by atoms with E-state index in [0.29, 0.717) is 11.3 Å². The van der Waals surface area contributed by atoms with Crippen molar-refractivity contribution < 1.29 is 39.6 Å². The van der Waals surface area contributed by atoms with Gasteiger partial charge in [-0.1, -0.05) is 0 Å². The van der Waals surface area contributed by atoms with Crippen molar-refractivity contribution in [3.8, 4) is 5.75 Å². The molecule has 0 aromatic heterocycles. The Labute approximate surface area is 188 Å². The molecule has 2 unspecified atom stereocenters. The lowest BCUT2D eigenvalue weighted by atomic mass is 9.60. The van der Waals surface area contributed by atoms with Crippen LogP contribution < -0.4 is 10.6 Å². The third-order valence-corrected chi connectivity index (χ3v) is 6.90. The number of fused-ring (bicyclic) bond motifs is 3. The number of ketones is 3. The molecule has 3 atom stereocenters. The van der Waals surface area contributed by atoms with Crippen molar-refractivity contribution in [2.75, 3.05) is 19.0 Å². The van der Waals surface area contributed by atoms with Gasteiger partial charge in [-0.05, 0) is 37.3 Å². The predicted octanol–water partition coefficient (Wildman–Crippen LogP) is 0.849. The van der Waals surface area contributed by atoms with Crippen LogP contribution in [-0.2, 0) is 16.0 Å². The summed E-state index contributed by atoms with van der Waals surface area (Å²) < 4.78 is 0. The number of carbonyl (C=O) groups is 4. The Balaban J connectivity index is 1.96. The number of Topliss-reactive ketones (excluding diaryl/α,β-unsaturated/α-hetero) is 3. The predicted molar refractivity (Wildman–Crippen MR) is 115 cm³/mol. The summed E-state index contributed by atoms with van der Waals surface area (Å²) in [7, 11) is 3.44. The molecule has 1 aromatic rings. The molecule has 174 valence electrons. The molecule has 0 saturated heterocycles. The van der Waals surface area contributed by atoms with Crippen LogP contribution in [0.25, 0.3) is 0 Å². The van der Waals surface area contributed by atoms with E-state index in [1.807, 2.05) is 0 Å². The second-order valence-corrected chi connectivity index (χ2v) is 9.01. The smallest absolute Gasteiger partial charge is 0.255 e. The summed E-state index contributed by atoms with van der Waals surface area (Å²) in [5.74, 6) is -7.48. The summed E-state index contributed by atoms with van der Waals surface area (Å²) in [5.41, 5.74) is 2.24. The van der Waals surface area contributed by atoms with Gasteiger partial charge in [-0.25, -0.2) is 0 Å². The summed E-state index contributed by atoms with van der Waals surface area (Å²) in [6.45, 7) is 1.24. The maximum atomic E-state index is 13.6. The van der Waals surface area contributed by atoms with Gasteiger partial charge in [0.1, 0.15) is 22.8 Å². The number of nitrogens with two attached hydrogens (primary N) is 1. The monoisotopic (exact) mass is 456 g/mol. The van der Waals surface area contributed by atoms with Gasteiger partial charge < -0.3 is 31.1 Å². The summed E-state index contributed by atoms with van der Waals surface area (Å²) in [6.07, 6.45) is -0.0664. The topological polar surface area (TPSA) is 178 Å². The minimum absolute atomic E-state index is 0.0466. The van der Waals surface area contributed by atoms with Crippen LogP contribution in [0, 0.1) is 11.8 Å². The molecular weight excluding hydrogens is 432 g/mol. The van der Waals surface area contributed by atoms with Gasteiger partial charge >= 0.3 is 0 Å². The highest BCUT2D eigenvalue weighted by Crippen LogP contribution is 2.52. The molecule has 0 heterocycles. The minimum Gasteiger partial charge on any atom is -0.511 e. The SMILES string of the molecule is CC(=O)c1cc(N(C)C)c2c(c1O)C(=O)C1=C(O)[C@]3(O)C(=O)C(C(N)=O)=C(O)CC3CC1C2. The van der Waals surface area contributed by atoms with Gasteiger partial charge in [-0.2, -0.15) is 0 Å². The third-order valence-electron chi connectivity index (χ3n) is 6.90. The first-order valence-electron chi connectivity index (χ1n) is 10.4. The first-order valence-corrected chi connectivity index (χ1v) is 10.4. The highest BCUT2D eigenvalue weighted by Gasteiger charge is 2.59. The maximum absolute atomic E-state index is 13.6. The van der Waals surface area contributed by atoms with Gasteiger partial charge in [0.15, 0.2) is 17.2 Å². The molecule has 0 aliphatic heterocycles. The number of benzene rings is 1. The van der Waals surface area contributed by atoms with Crippen molar-refractivity contribution in [1.29, 1.82) is 0 Å². The molecule has 0 fully saturated rings. The first kappa shape index (κ1) is 22.5. The van der Waals surface area contributed by atoms with E-state index in [2.05, 4.69) is 0 Å². The van der Waals surface area contributed by atoms with Crippen molar-refractivity contribution in [2.24, 2.45) is 17.6 Å². The first-order chi connectivity index (χ1) is 15.3. The molecule has 10 heteroatoms. The molecule has 3 aliphatic rings. The second-order valence-electron chi connectivity index (χ2n) is 9.01. The van der Waals surface area contributed by atoms with Gasteiger partial charge in [0, 0.05) is 37.7 Å². The van der Waals surface area contributed by atoms with Crippen LogP contribution in [0.4, 0.5) is 5.69 Å². The van der Waals surface area contributed by atoms with E-state index in [4.69, 9.17) is 5.73 Å². The number of nitrogens with zero attached hydrogens (tertiary/aromatic N) is 1. The summed E-state index contributed by atoms with van der Waals surface area (Å²) >= 11 is 0. The molecule has 0 bridgehead atoms. The third kappa shape index (κ3) is 2.90. The second kappa shape index (κ2) is 7.17. The van der Waals surface area contributed by atoms with Crippen molar-refractivity contribution in [3.05, 3.63) is 45.4 Å². The molecule has 33 heavy (non-hydrogen) atoms. The minimum atomic E-state index is -2.62. The van der Waals surface area contributed by atoms with Crippen LogP contribution in [0.15, 0.2) is 28.7 Å². The molecule has 0 radical (unpaired) electrons. The van der Waals surface area contributed by atoms with Gasteiger partial charge in [-0.3, -0.25) is 19.2 Å². The van der Waals surface area contributed by atoms with Crippen LogP contribution in [-0.4, -0.2) is 63.4 Å². The zero-order valence-corrected chi connectivity index (χ0v) is 18.3. The lowest BCUT2D eigenvalue weighted by molar-refractivity contribution is -0.144. The molecule has 4 rings (SSSR count). The van der Waals surface area contributed by atoms with Crippen molar-refractivity contribution in [1.82, 2.24) is 0 Å². The largest absolute Gasteiger partial charge is 0.511 e. The average molecular weight is 456 g/mol. The fourth-order valence-corrected chi connectivity index (χ4v) is 5.33. The number of hydrogen-bond acceptors (Lipinski definition) is 9. The number of rotatable bonds is 3. The number of aromatic hydroxyl groups is 1. The zero-order chi connectivity index (χ0) is 24.6. The number of hydrogen-bond donors (Lipinski definition) is 5. The number of amides is 1. The molecule has 0 saturated carbocycles. The Morgan fingerprint density at radius 2 is 1.79 bits per heavy atom. The fourth-order valence-electron chi connectivity index (χ4n) is 5.33. The Hall–Kier alpha value is -3.66. The van der Waals surface area contributed by atoms with Gasteiger partial charge in [-0.15, -0.1) is 0 Å². The van der Waals surface area contributed by atoms with E-state index >= 15 is 0 Å². The molecular formula is C23H24N2O8. The lowest BCUT2D eigenvalue weighted by Gasteiger charge is -2.45. The van der Waals surface area contributed by atoms with Crippen molar-refractivity contribution in [2.45, 2.75) is 31.8 Å². The van der Waals surface area contributed by atoms with E-state index < -0.39 is 63.5 Å². The molecule has 1 amide bonds. The van der Waals surface area contributed by atoms with Gasteiger partial charge in [0.05, 0.1) is 11.1 Å². The Morgan fingerprint density at radius 3 is 2.33 bits per heavy atom. The van der Waals surface area contributed by atoms with E-state index in [9.17, 15) is 39.6 Å². The molecule has 3 aliphatic carbocycles. The van der Waals surface area contributed by atoms with Gasteiger partial charge in [0.2, 0.25) is 5.78 Å². The number of phenols is 1. The normalized spacial score (nSPS) is 26.5. The average Bonchev–Trinajstić information content (AvgIpc) is 2.70. The Kier molecular flexibility index (Phi) is 4.90. The van der Waals surface area contributed by atoms with E-state index in [1.165, 1.54) is 13.0 Å². The number of aliphatic hydroxyl groups excluding tert-OH is 2. The fraction of sp³-hybridized carbons (Fsp3) is 0.391. The van der Waals surface area contributed by atoms with Crippen LogP contribution in [0.1, 0.15) is 46.0 Å². The number of aliphatic hydroxyl groups is 3. The van der Waals surface area contributed by atoms with Crippen LogP contribution >= 0.6 is 0 Å². The molecule has 1 aromatic carbocycles. The number of carbonyl (C=O) groups excluding carboxylic acids is 4. The van der Waals surface area contributed by atoms with E-state index in [0.717, 1.165) is 0 Å². The molecule has 10 nitrogen and oxygen atoms in total. The van der Waals surface area contributed by atoms with E-state index in [1.54, 1.807) is 19.0 Å². The summed E-state index contributed by atoms with van der Waals surface area (Å²) in [6, 6.07) is 1.50. The van der Waals surface area contributed by atoms with Crippen LogP contribution in [0.2, 0.25) is 0 Å². The summed E-state index contributed by atoms with van der Waals surface area (Å²) in [4.78, 5) is 52.0. The summed E-state index contributed by atoms with van der Waals surface area (Å²) in [5, 5.41) is 43.2. The number of allylic oxidation sites excluding steroid dienone is 2. The maximum Gasteiger partial charge on any atom is 0.255 e. The standard InChI is InChI=1S/C23H24N2O8/c1-8(26)11-7-13(25(2)3)12-5-9-4-10-6-14(27)17(22(24)32)21(31)23(10,33)20(30)15(9)19(29)16(12)18(11)28/h7,9-10,27-28,30,33H,4-6H2,1-3H3,(H2,24,32)/t9?,10?,23-/m0/s1.